The van der Waals surface area contributed by atoms with Crippen molar-refractivity contribution in [1.82, 2.24) is 25.3 Å². The Morgan fingerprint density at radius 3 is 2.23 bits per heavy atom. The van der Waals surface area contributed by atoms with Crippen molar-refractivity contribution in [3.63, 3.8) is 0 Å². The topological polar surface area (TPSA) is 46.1 Å². The highest BCUT2D eigenvalue weighted by Crippen LogP contribution is 2.24. The highest BCUT2D eigenvalue weighted by molar-refractivity contribution is 5.79. The average Bonchev–Trinajstić information content (AvgIpc) is 3.30. The summed E-state index contributed by atoms with van der Waals surface area (Å²) in [4.78, 5) is 12.7. The molecule has 0 amide bonds. The number of nitrogens with zero attached hydrogens (tertiary/aromatic N) is 4. The van der Waals surface area contributed by atoms with Crippen molar-refractivity contribution >= 4 is 5.96 Å². The number of rotatable bonds is 9. The molecule has 0 aliphatic carbocycles. The van der Waals surface area contributed by atoms with Gasteiger partial charge in [0, 0.05) is 45.3 Å². The highest BCUT2D eigenvalue weighted by atomic mass is 15.3. The minimum absolute atomic E-state index is 0.395. The van der Waals surface area contributed by atoms with E-state index in [1.54, 1.807) is 0 Å². The van der Waals surface area contributed by atoms with Gasteiger partial charge in [-0.3, -0.25) is 14.8 Å². The molecule has 2 fully saturated rings. The van der Waals surface area contributed by atoms with Gasteiger partial charge in [0.15, 0.2) is 5.96 Å². The second kappa shape index (κ2) is 12.4. The van der Waals surface area contributed by atoms with Crippen molar-refractivity contribution < 1.29 is 0 Å². The van der Waals surface area contributed by atoms with E-state index in [2.05, 4.69) is 83.5 Å². The summed E-state index contributed by atoms with van der Waals surface area (Å²) in [5.74, 6) is 1.54. The van der Waals surface area contributed by atoms with E-state index in [0.717, 1.165) is 51.8 Å². The first-order chi connectivity index (χ1) is 15.1. The van der Waals surface area contributed by atoms with E-state index in [0.29, 0.717) is 18.0 Å². The molecule has 174 valence electrons. The predicted molar refractivity (Wildman–Crippen MR) is 132 cm³/mol. The summed E-state index contributed by atoms with van der Waals surface area (Å²) in [6.07, 6.45) is 2.61. The molecule has 1 aromatic carbocycles. The largest absolute Gasteiger partial charge is 0.357 e. The fourth-order valence-corrected chi connectivity index (χ4v) is 4.81. The van der Waals surface area contributed by atoms with Crippen LogP contribution in [0, 0.1) is 5.92 Å². The predicted octanol–water partition coefficient (Wildman–Crippen LogP) is 2.65. The Morgan fingerprint density at radius 1 is 0.935 bits per heavy atom. The van der Waals surface area contributed by atoms with Crippen molar-refractivity contribution in [2.45, 2.75) is 45.7 Å². The van der Waals surface area contributed by atoms with Gasteiger partial charge in [-0.1, -0.05) is 44.2 Å². The molecule has 2 atom stereocenters. The Balaban J connectivity index is 1.64. The molecule has 0 saturated carbocycles. The van der Waals surface area contributed by atoms with Crippen LogP contribution in [0.5, 0.6) is 0 Å². The van der Waals surface area contributed by atoms with Gasteiger partial charge in [0.25, 0.3) is 0 Å². The van der Waals surface area contributed by atoms with Gasteiger partial charge in [-0.2, -0.15) is 0 Å². The maximum atomic E-state index is 5.04. The van der Waals surface area contributed by atoms with Crippen LogP contribution in [0.15, 0.2) is 35.3 Å². The third-order valence-corrected chi connectivity index (χ3v) is 6.79. The third-order valence-electron chi connectivity index (χ3n) is 6.79. The number of nitrogens with one attached hydrogen (secondary N) is 2. The molecule has 2 heterocycles. The van der Waals surface area contributed by atoms with Crippen molar-refractivity contribution in [3.05, 3.63) is 35.9 Å². The van der Waals surface area contributed by atoms with Gasteiger partial charge in [-0.15, -0.1) is 0 Å². The summed E-state index contributed by atoms with van der Waals surface area (Å²) in [7, 11) is 2.22. The van der Waals surface area contributed by atoms with Crippen LogP contribution >= 0.6 is 0 Å². The molecule has 0 spiro atoms. The fraction of sp³-hybridized carbons (Fsp3) is 0.720. The lowest BCUT2D eigenvalue weighted by molar-refractivity contribution is 0.0925. The molecule has 0 aromatic heterocycles. The molecule has 2 aliphatic rings. The molecule has 2 unspecified atom stereocenters. The molecular formula is C25H44N6. The second-order valence-corrected chi connectivity index (χ2v) is 9.42. The minimum Gasteiger partial charge on any atom is -0.357 e. The number of guanidine groups is 1. The second-order valence-electron chi connectivity index (χ2n) is 9.42. The molecule has 2 N–H and O–H groups in total. The van der Waals surface area contributed by atoms with Crippen LogP contribution in [0.4, 0.5) is 0 Å². The summed E-state index contributed by atoms with van der Waals surface area (Å²) in [5.41, 5.74) is 1.39. The van der Waals surface area contributed by atoms with E-state index in [1.807, 2.05) is 0 Å². The molecule has 1 aromatic rings. The van der Waals surface area contributed by atoms with E-state index >= 15 is 0 Å². The maximum absolute atomic E-state index is 5.04. The lowest BCUT2D eigenvalue weighted by atomic mass is 10.0. The Labute approximate surface area is 190 Å². The third kappa shape index (κ3) is 7.19. The molecule has 0 radical (unpaired) electrons. The van der Waals surface area contributed by atoms with Gasteiger partial charge >= 0.3 is 0 Å². The first-order valence-electron chi connectivity index (χ1n) is 12.3. The standard InChI is InChI=1S/C25H44N6/c1-5-26-25(27-19-23(21(2)3)31-17-15-29(4)16-18-31)28-20-24(30-13-9-10-14-30)22-11-7-6-8-12-22/h6-8,11-12,21,23-24H,5,9-10,13-20H2,1-4H3,(H2,26,27,28). The Bertz CT molecular complexity index is 647. The number of hydrogen-bond acceptors (Lipinski definition) is 4. The monoisotopic (exact) mass is 428 g/mol. The van der Waals surface area contributed by atoms with Crippen LogP contribution in [-0.2, 0) is 0 Å². The van der Waals surface area contributed by atoms with Crippen molar-refractivity contribution in [2.75, 3.05) is 66.0 Å². The summed E-state index contributed by atoms with van der Waals surface area (Å²) >= 11 is 0. The number of hydrogen-bond donors (Lipinski definition) is 2. The van der Waals surface area contributed by atoms with Crippen LogP contribution in [0.1, 0.15) is 45.2 Å². The van der Waals surface area contributed by atoms with Crippen LogP contribution in [-0.4, -0.2) is 92.7 Å². The van der Waals surface area contributed by atoms with E-state index in [4.69, 9.17) is 4.99 Å². The van der Waals surface area contributed by atoms with E-state index in [9.17, 15) is 0 Å². The number of likely N-dealkylation sites (tertiary alicyclic amines) is 1. The van der Waals surface area contributed by atoms with Crippen molar-refractivity contribution in [3.8, 4) is 0 Å². The summed E-state index contributed by atoms with van der Waals surface area (Å²) in [5, 5.41) is 7.15. The maximum Gasteiger partial charge on any atom is 0.191 e. The van der Waals surface area contributed by atoms with Gasteiger partial charge < -0.3 is 15.5 Å². The minimum atomic E-state index is 0.395. The first kappa shape index (κ1) is 24.0. The SMILES string of the molecule is CCNC(=NCC(C(C)C)N1CCN(C)CC1)NCC(c1ccccc1)N1CCCC1. The van der Waals surface area contributed by atoms with Crippen molar-refractivity contribution in [2.24, 2.45) is 10.9 Å². The van der Waals surface area contributed by atoms with Gasteiger partial charge in [0.05, 0.1) is 12.6 Å². The van der Waals surface area contributed by atoms with Gasteiger partial charge in [-0.05, 0) is 51.4 Å². The zero-order valence-electron chi connectivity index (χ0n) is 20.2. The van der Waals surface area contributed by atoms with Crippen LogP contribution in [0.2, 0.25) is 0 Å². The molecule has 3 rings (SSSR count). The Hall–Kier alpha value is -1.63. The van der Waals surface area contributed by atoms with E-state index < -0.39 is 0 Å². The van der Waals surface area contributed by atoms with Gasteiger partial charge in [0.2, 0.25) is 0 Å². The lowest BCUT2D eigenvalue weighted by Gasteiger charge is -2.39. The van der Waals surface area contributed by atoms with E-state index in [-0.39, 0.29) is 0 Å². The zero-order chi connectivity index (χ0) is 22.1. The first-order valence-corrected chi connectivity index (χ1v) is 12.3. The Morgan fingerprint density at radius 2 is 1.61 bits per heavy atom. The summed E-state index contributed by atoms with van der Waals surface area (Å²) in [6.45, 7) is 16.4. The van der Waals surface area contributed by atoms with Gasteiger partial charge in [0.1, 0.15) is 0 Å². The van der Waals surface area contributed by atoms with Crippen LogP contribution in [0.25, 0.3) is 0 Å². The molecule has 0 bridgehead atoms. The lowest BCUT2D eigenvalue weighted by Crippen LogP contribution is -2.52. The smallest absolute Gasteiger partial charge is 0.191 e. The molecule has 2 saturated heterocycles. The molecule has 31 heavy (non-hydrogen) atoms. The molecule has 6 heteroatoms. The summed E-state index contributed by atoms with van der Waals surface area (Å²) in [6, 6.07) is 11.8. The van der Waals surface area contributed by atoms with Crippen LogP contribution < -0.4 is 10.6 Å². The zero-order valence-corrected chi connectivity index (χ0v) is 20.2. The van der Waals surface area contributed by atoms with Crippen molar-refractivity contribution in [1.29, 1.82) is 0 Å². The van der Waals surface area contributed by atoms with Crippen LogP contribution in [0.3, 0.4) is 0 Å². The normalized spacial score (nSPS) is 21.4. The van der Waals surface area contributed by atoms with Gasteiger partial charge in [-0.25, -0.2) is 0 Å². The number of likely N-dealkylation sites (N-methyl/N-ethyl adjacent to an activating group) is 1. The van der Waals surface area contributed by atoms with E-state index in [1.165, 1.54) is 31.5 Å². The summed E-state index contributed by atoms with van der Waals surface area (Å²) < 4.78 is 0. The Kier molecular flexibility index (Phi) is 9.62. The molecule has 2 aliphatic heterocycles. The fourth-order valence-electron chi connectivity index (χ4n) is 4.81. The molecular weight excluding hydrogens is 384 g/mol. The quantitative estimate of drug-likeness (QED) is 0.468. The molecule has 6 nitrogen and oxygen atoms in total. The number of benzene rings is 1. The highest BCUT2D eigenvalue weighted by Gasteiger charge is 2.26. The number of piperazine rings is 1. The number of aliphatic imine (C=N–C) groups is 1. The average molecular weight is 429 g/mol.